The largest absolute Gasteiger partial charge is 0.480 e. The lowest BCUT2D eigenvalue weighted by molar-refractivity contribution is -0.0579. The van der Waals surface area contributed by atoms with Crippen LogP contribution in [0.2, 0.25) is 5.02 Å². The highest BCUT2D eigenvalue weighted by Crippen LogP contribution is 2.45. The highest BCUT2D eigenvalue weighted by atomic mass is 35.5. The Balaban J connectivity index is 1.38. The van der Waals surface area contributed by atoms with Gasteiger partial charge in [0.25, 0.3) is 5.56 Å². The molecule has 2 aromatic heterocycles. The number of hydrogen-bond donors (Lipinski definition) is 2. The first-order valence-corrected chi connectivity index (χ1v) is 13.1. The Kier molecular flexibility index (Phi) is 5.89. The first kappa shape index (κ1) is 25.1. The summed E-state index contributed by atoms with van der Waals surface area (Å²) in [6.45, 7) is 1.53. The zero-order valence-corrected chi connectivity index (χ0v) is 21.8. The van der Waals surface area contributed by atoms with E-state index >= 15 is 0 Å². The van der Waals surface area contributed by atoms with Crippen molar-refractivity contribution in [2.75, 3.05) is 35.2 Å². The third-order valence-corrected chi connectivity index (χ3v) is 7.81. The molecule has 2 N–H and O–H groups in total. The van der Waals surface area contributed by atoms with Gasteiger partial charge in [-0.05, 0) is 56.7 Å². The molecule has 1 aromatic carbocycles. The molecule has 2 atom stereocenters. The lowest BCUT2D eigenvalue weighted by Gasteiger charge is -2.35. The summed E-state index contributed by atoms with van der Waals surface area (Å²) < 4.78 is 51.2. The molecule has 12 heteroatoms. The number of ether oxygens (including phenoxy) is 1. The summed E-state index contributed by atoms with van der Waals surface area (Å²) in [7, 11) is 1.58. The van der Waals surface area contributed by atoms with Crippen molar-refractivity contribution in [1.29, 1.82) is 0 Å². The second-order valence-electron chi connectivity index (χ2n) is 10.7. The lowest BCUT2D eigenvalue weighted by atomic mass is 9.97. The van der Waals surface area contributed by atoms with E-state index in [-0.39, 0.29) is 28.9 Å². The molecule has 1 saturated heterocycles. The Labute approximate surface area is 222 Å². The Morgan fingerprint density at radius 2 is 2.05 bits per heavy atom. The molecule has 0 spiro atoms. The number of pyridine rings is 1. The predicted molar refractivity (Wildman–Crippen MR) is 141 cm³/mol. The van der Waals surface area contributed by atoms with E-state index in [4.69, 9.17) is 16.3 Å². The van der Waals surface area contributed by atoms with Crippen LogP contribution in [-0.2, 0) is 7.05 Å². The third-order valence-electron chi connectivity index (χ3n) is 7.53. The fraction of sp³-hybridized carbons (Fsp3) is 0.500. The van der Waals surface area contributed by atoms with E-state index in [2.05, 4.69) is 20.6 Å². The van der Waals surface area contributed by atoms with Crippen molar-refractivity contribution < 1.29 is 17.9 Å². The zero-order valence-electron chi connectivity index (χ0n) is 21.0. The van der Waals surface area contributed by atoms with Gasteiger partial charge in [-0.2, -0.15) is 4.98 Å². The minimum Gasteiger partial charge on any atom is -0.480 e. The third kappa shape index (κ3) is 4.50. The summed E-state index contributed by atoms with van der Waals surface area (Å²) in [5.74, 6) is -2.74. The monoisotopic (exact) mass is 548 g/mol. The van der Waals surface area contributed by atoms with Crippen molar-refractivity contribution >= 4 is 45.6 Å². The van der Waals surface area contributed by atoms with Crippen LogP contribution in [0.4, 0.5) is 36.3 Å². The number of fused-ring (bicyclic) bond motifs is 3. The van der Waals surface area contributed by atoms with E-state index < -0.39 is 29.8 Å². The van der Waals surface area contributed by atoms with Crippen molar-refractivity contribution in [2.45, 2.75) is 50.2 Å². The lowest BCUT2D eigenvalue weighted by Crippen LogP contribution is -2.44. The molecule has 3 aromatic rings. The van der Waals surface area contributed by atoms with E-state index in [1.54, 1.807) is 37.1 Å². The number of aryl methyl sites for hydroxylation is 1. The van der Waals surface area contributed by atoms with Gasteiger partial charge in [-0.3, -0.25) is 4.79 Å². The molecule has 38 heavy (non-hydrogen) atoms. The van der Waals surface area contributed by atoms with Crippen LogP contribution in [0.3, 0.4) is 0 Å². The van der Waals surface area contributed by atoms with Crippen LogP contribution in [-0.4, -0.2) is 51.9 Å². The SMILES string of the molecule is Cn1c(=O)c2c(c3cc(Nc4nc(N5CCC[C@@](C)(F)C5)ncc4Cl)ccc31)N[C@@H](C1CC1)C(F)(F)CO2. The number of benzene rings is 1. The fourth-order valence-electron chi connectivity index (χ4n) is 5.39. The van der Waals surface area contributed by atoms with E-state index in [9.17, 15) is 18.0 Å². The number of anilines is 4. The van der Waals surface area contributed by atoms with Crippen molar-refractivity contribution in [3.8, 4) is 5.75 Å². The minimum absolute atomic E-state index is 0.123. The molecule has 202 valence electrons. The number of nitrogens with zero attached hydrogens (tertiary/aromatic N) is 4. The minimum atomic E-state index is -3.12. The Hall–Kier alpha value is -3.21. The van der Waals surface area contributed by atoms with Gasteiger partial charge in [0.2, 0.25) is 11.7 Å². The fourth-order valence-corrected chi connectivity index (χ4v) is 5.52. The molecule has 2 fully saturated rings. The van der Waals surface area contributed by atoms with Crippen LogP contribution in [0.5, 0.6) is 5.75 Å². The molecule has 0 amide bonds. The van der Waals surface area contributed by atoms with E-state index in [1.807, 2.05) is 0 Å². The van der Waals surface area contributed by atoms with Gasteiger partial charge in [-0.1, -0.05) is 11.6 Å². The molecule has 3 aliphatic rings. The maximum Gasteiger partial charge on any atom is 0.301 e. The van der Waals surface area contributed by atoms with Crippen LogP contribution >= 0.6 is 11.6 Å². The number of alkyl halides is 3. The first-order chi connectivity index (χ1) is 18.0. The molecule has 2 aliphatic heterocycles. The topological polar surface area (TPSA) is 84.3 Å². The number of nitrogens with one attached hydrogen (secondary N) is 2. The zero-order chi connectivity index (χ0) is 26.8. The van der Waals surface area contributed by atoms with Gasteiger partial charge in [0.15, 0.2) is 12.4 Å². The Morgan fingerprint density at radius 3 is 2.79 bits per heavy atom. The first-order valence-electron chi connectivity index (χ1n) is 12.7. The van der Waals surface area contributed by atoms with E-state index in [0.717, 1.165) is 0 Å². The molecule has 1 saturated carbocycles. The maximum atomic E-state index is 14.9. The molecule has 0 bridgehead atoms. The molecule has 4 heterocycles. The van der Waals surface area contributed by atoms with Crippen LogP contribution in [0.25, 0.3) is 10.9 Å². The quantitative estimate of drug-likeness (QED) is 0.459. The number of rotatable bonds is 4. The van der Waals surface area contributed by atoms with Crippen LogP contribution < -0.4 is 25.8 Å². The summed E-state index contributed by atoms with van der Waals surface area (Å²) in [5.41, 5.74) is -0.436. The van der Waals surface area contributed by atoms with Gasteiger partial charge in [-0.25, -0.2) is 18.2 Å². The number of piperidine rings is 1. The standard InChI is InChI=1S/C26H28ClF3N6O2/c1-25(28)8-3-9-36(12-25)24-31-11-17(27)22(34-24)32-15-6-7-18-16(10-15)19-20(23(37)35(18)2)38-13-26(29,30)21(33-19)14-4-5-14/h6-7,10-11,14,21,33H,3-5,8-9,12-13H2,1-2H3,(H,31,32,34)/t21-,25+/m0/s1. The van der Waals surface area contributed by atoms with Crippen molar-refractivity contribution in [1.82, 2.24) is 14.5 Å². The van der Waals surface area contributed by atoms with Crippen molar-refractivity contribution in [3.05, 3.63) is 39.8 Å². The molecule has 0 unspecified atom stereocenters. The molecule has 0 radical (unpaired) electrons. The van der Waals surface area contributed by atoms with Gasteiger partial charge in [0.1, 0.15) is 10.7 Å². The second kappa shape index (κ2) is 8.93. The molecule has 1 aliphatic carbocycles. The number of halogens is 4. The van der Waals surface area contributed by atoms with Gasteiger partial charge in [-0.15, -0.1) is 0 Å². The summed E-state index contributed by atoms with van der Waals surface area (Å²) in [6, 6.07) is 4.09. The Morgan fingerprint density at radius 1 is 1.26 bits per heavy atom. The molecule has 8 nitrogen and oxygen atoms in total. The summed E-state index contributed by atoms with van der Waals surface area (Å²) in [6.07, 6.45) is 4.03. The highest BCUT2D eigenvalue weighted by molar-refractivity contribution is 6.32. The normalized spacial score (nSPS) is 24.8. The molecular weight excluding hydrogens is 521 g/mol. The average Bonchev–Trinajstić information content (AvgIpc) is 3.71. The highest BCUT2D eigenvalue weighted by Gasteiger charge is 2.51. The number of aromatic nitrogens is 3. The smallest absolute Gasteiger partial charge is 0.301 e. The van der Waals surface area contributed by atoms with Crippen LogP contribution in [0.1, 0.15) is 32.6 Å². The van der Waals surface area contributed by atoms with Gasteiger partial charge < -0.3 is 24.8 Å². The van der Waals surface area contributed by atoms with E-state index in [1.165, 1.54) is 10.8 Å². The van der Waals surface area contributed by atoms with Gasteiger partial charge in [0.05, 0.1) is 30.0 Å². The predicted octanol–water partition coefficient (Wildman–Crippen LogP) is 5.27. The molecule has 6 rings (SSSR count). The summed E-state index contributed by atoms with van der Waals surface area (Å²) >= 11 is 6.39. The van der Waals surface area contributed by atoms with Gasteiger partial charge >= 0.3 is 5.92 Å². The van der Waals surface area contributed by atoms with Crippen LogP contribution in [0.15, 0.2) is 29.2 Å². The van der Waals surface area contributed by atoms with Gasteiger partial charge in [0, 0.05) is 24.7 Å². The summed E-state index contributed by atoms with van der Waals surface area (Å²) in [4.78, 5) is 23.6. The maximum absolute atomic E-state index is 14.9. The number of hydrogen-bond acceptors (Lipinski definition) is 7. The van der Waals surface area contributed by atoms with Crippen molar-refractivity contribution in [3.63, 3.8) is 0 Å². The van der Waals surface area contributed by atoms with E-state index in [0.29, 0.717) is 60.6 Å². The second-order valence-corrected chi connectivity index (χ2v) is 11.1. The Bertz CT molecular complexity index is 1480. The average molecular weight is 549 g/mol. The van der Waals surface area contributed by atoms with Crippen LogP contribution in [0, 0.1) is 5.92 Å². The van der Waals surface area contributed by atoms with Crippen molar-refractivity contribution in [2.24, 2.45) is 13.0 Å². The molecular formula is C26H28ClF3N6O2. The summed E-state index contributed by atoms with van der Waals surface area (Å²) in [5, 5.41) is 6.96.